The van der Waals surface area contributed by atoms with E-state index in [1.54, 1.807) is 43.0 Å². The third-order valence-corrected chi connectivity index (χ3v) is 6.23. The van der Waals surface area contributed by atoms with Crippen molar-refractivity contribution in [2.24, 2.45) is 5.92 Å². The molecule has 8 nitrogen and oxygen atoms in total. The number of fused-ring (bicyclic) bond motifs is 2. The molecule has 0 aliphatic rings. The maximum Gasteiger partial charge on any atom is 0.161 e. The quantitative estimate of drug-likeness (QED) is 0.251. The normalized spacial score (nSPS) is 11.5. The van der Waals surface area contributed by atoms with E-state index in [2.05, 4.69) is 50.9 Å². The molecule has 0 saturated carbocycles. The predicted octanol–water partition coefficient (Wildman–Crippen LogP) is 6.35. The number of pyridine rings is 3. The highest BCUT2D eigenvalue weighted by Crippen LogP contribution is 2.32. The van der Waals surface area contributed by atoms with Crippen molar-refractivity contribution in [3.05, 3.63) is 85.3 Å². The molecule has 0 bridgehead atoms. The number of anilines is 1. The summed E-state index contributed by atoms with van der Waals surface area (Å²) >= 11 is 0. The van der Waals surface area contributed by atoms with Crippen LogP contribution in [0.4, 0.5) is 10.1 Å². The van der Waals surface area contributed by atoms with Crippen molar-refractivity contribution in [1.82, 2.24) is 35.1 Å². The predicted molar refractivity (Wildman–Crippen MR) is 143 cm³/mol. The van der Waals surface area contributed by atoms with Gasteiger partial charge < -0.3 is 10.3 Å². The lowest BCUT2D eigenvalue weighted by Gasteiger charge is -2.13. The number of nitrogens with one attached hydrogen (secondary N) is 3. The van der Waals surface area contributed by atoms with Gasteiger partial charge in [-0.3, -0.25) is 15.1 Å². The lowest BCUT2D eigenvalue weighted by Crippen LogP contribution is -2.04. The maximum absolute atomic E-state index is 14.5. The summed E-state index contributed by atoms with van der Waals surface area (Å²) in [6.45, 7) is 8.24. The van der Waals surface area contributed by atoms with Crippen LogP contribution >= 0.6 is 0 Å². The Morgan fingerprint density at radius 1 is 0.919 bits per heavy atom. The summed E-state index contributed by atoms with van der Waals surface area (Å²) in [6, 6.07) is 12.4. The van der Waals surface area contributed by atoms with Crippen molar-refractivity contribution in [1.29, 1.82) is 0 Å². The second-order valence-corrected chi connectivity index (χ2v) is 9.08. The first-order valence-electron chi connectivity index (χ1n) is 11.8. The van der Waals surface area contributed by atoms with Gasteiger partial charge in [-0.05, 0) is 30.2 Å². The topological polar surface area (TPSA) is 108 Å². The van der Waals surface area contributed by atoms with Gasteiger partial charge in [0.2, 0.25) is 0 Å². The van der Waals surface area contributed by atoms with E-state index in [0.29, 0.717) is 45.1 Å². The minimum absolute atomic E-state index is 0.296. The van der Waals surface area contributed by atoms with Crippen molar-refractivity contribution in [3.8, 4) is 33.9 Å². The van der Waals surface area contributed by atoms with E-state index in [9.17, 15) is 4.39 Å². The monoisotopic (exact) mass is 490 g/mol. The smallest absolute Gasteiger partial charge is 0.161 e. The van der Waals surface area contributed by atoms with Crippen molar-refractivity contribution >= 4 is 27.8 Å². The summed E-state index contributed by atoms with van der Waals surface area (Å²) in [5.74, 6) is 0.475. The average molecular weight is 491 g/mol. The van der Waals surface area contributed by atoms with Crippen LogP contribution in [0.3, 0.4) is 0 Å². The first kappa shape index (κ1) is 22.5. The average Bonchev–Trinajstić information content (AvgIpc) is 3.53. The minimum atomic E-state index is -0.333. The van der Waals surface area contributed by atoms with Crippen LogP contribution in [0.25, 0.3) is 56.0 Å². The standard InChI is InChI=1S/C28H23FN8/c1-15(2)16(3)32-18-10-17(11-30-12-18)22-8-9-23-26(33-22)27(37-36-23)28-34-24-14-31-13-20(25(24)35-28)19-6-4-5-7-21(19)29/h4-15,32H,3H2,1-2H3,(H,34,35)(H,36,37). The Bertz CT molecular complexity index is 1780. The van der Waals surface area contributed by atoms with Crippen molar-refractivity contribution in [3.63, 3.8) is 0 Å². The number of nitrogens with zero attached hydrogens (tertiary/aromatic N) is 5. The molecule has 0 unspecified atom stereocenters. The number of hydrogen-bond donors (Lipinski definition) is 3. The molecule has 3 N–H and O–H groups in total. The Hall–Kier alpha value is -4.92. The Morgan fingerprint density at radius 3 is 2.59 bits per heavy atom. The molecule has 0 saturated heterocycles. The highest BCUT2D eigenvalue weighted by Gasteiger charge is 2.18. The first-order valence-corrected chi connectivity index (χ1v) is 11.8. The van der Waals surface area contributed by atoms with Crippen molar-refractivity contribution in [2.45, 2.75) is 13.8 Å². The van der Waals surface area contributed by atoms with Crippen LogP contribution in [0.1, 0.15) is 13.8 Å². The molecule has 1 aromatic carbocycles. The molecular formula is C28H23FN8. The summed E-state index contributed by atoms with van der Waals surface area (Å²) in [7, 11) is 0. The number of aromatic nitrogens is 7. The Labute approximate surface area is 211 Å². The van der Waals surface area contributed by atoms with E-state index < -0.39 is 0 Å². The van der Waals surface area contributed by atoms with E-state index in [1.807, 2.05) is 18.2 Å². The number of hydrogen-bond acceptors (Lipinski definition) is 6. The first-order chi connectivity index (χ1) is 18.0. The summed E-state index contributed by atoms with van der Waals surface area (Å²) in [6.07, 6.45) is 6.81. The van der Waals surface area contributed by atoms with Gasteiger partial charge in [0, 0.05) is 34.8 Å². The van der Waals surface area contributed by atoms with E-state index in [1.165, 1.54) is 6.07 Å². The molecule has 0 fully saturated rings. The fourth-order valence-electron chi connectivity index (χ4n) is 4.12. The molecule has 0 atom stereocenters. The zero-order valence-corrected chi connectivity index (χ0v) is 20.2. The summed E-state index contributed by atoms with van der Waals surface area (Å²) < 4.78 is 14.5. The molecule has 0 spiro atoms. The van der Waals surface area contributed by atoms with E-state index >= 15 is 0 Å². The Balaban J connectivity index is 1.42. The lowest BCUT2D eigenvalue weighted by atomic mass is 10.1. The second-order valence-electron chi connectivity index (χ2n) is 9.08. The fourth-order valence-corrected chi connectivity index (χ4v) is 4.12. The molecule has 0 aliphatic heterocycles. The van der Waals surface area contributed by atoms with E-state index in [4.69, 9.17) is 9.97 Å². The van der Waals surface area contributed by atoms with Gasteiger partial charge >= 0.3 is 0 Å². The molecule has 6 aromatic rings. The van der Waals surface area contributed by atoms with Gasteiger partial charge in [0.15, 0.2) is 11.5 Å². The number of benzene rings is 1. The number of H-pyrrole nitrogens is 2. The Kier molecular flexibility index (Phi) is 5.45. The highest BCUT2D eigenvalue weighted by atomic mass is 19.1. The molecule has 9 heteroatoms. The highest BCUT2D eigenvalue weighted by molar-refractivity contribution is 5.95. The maximum atomic E-state index is 14.5. The van der Waals surface area contributed by atoms with E-state index in [-0.39, 0.29) is 5.82 Å². The number of rotatable bonds is 6. The largest absolute Gasteiger partial charge is 0.358 e. The van der Waals surface area contributed by atoms with Gasteiger partial charge in [-0.25, -0.2) is 14.4 Å². The lowest BCUT2D eigenvalue weighted by molar-refractivity contribution is 0.631. The Morgan fingerprint density at radius 2 is 1.76 bits per heavy atom. The van der Waals surface area contributed by atoms with E-state index in [0.717, 1.165) is 28.2 Å². The number of halogens is 1. The van der Waals surface area contributed by atoms with Gasteiger partial charge in [0.05, 0.1) is 34.8 Å². The molecule has 0 amide bonds. The third kappa shape index (κ3) is 4.10. The molecule has 5 aromatic heterocycles. The zero-order valence-electron chi connectivity index (χ0n) is 20.2. The minimum Gasteiger partial charge on any atom is -0.358 e. The van der Waals surface area contributed by atoms with Crippen LogP contribution in [0.5, 0.6) is 0 Å². The molecule has 182 valence electrons. The molecule has 0 radical (unpaired) electrons. The summed E-state index contributed by atoms with van der Waals surface area (Å²) in [5.41, 5.74) is 7.65. The number of aromatic amines is 2. The van der Waals surface area contributed by atoms with Gasteiger partial charge in [0.1, 0.15) is 16.9 Å². The summed E-state index contributed by atoms with van der Waals surface area (Å²) in [5, 5.41) is 10.8. The van der Waals surface area contributed by atoms with Crippen molar-refractivity contribution in [2.75, 3.05) is 5.32 Å². The number of allylic oxidation sites excluding steroid dienone is 1. The third-order valence-electron chi connectivity index (χ3n) is 6.23. The molecule has 5 heterocycles. The van der Waals surface area contributed by atoms with Gasteiger partial charge in [0.25, 0.3) is 0 Å². The SMILES string of the molecule is C=C(Nc1cncc(-c2ccc3[nH]nc(-c4nc5c(-c6ccccc6F)cncc5[nH]4)c3n2)c1)C(C)C. The van der Waals surface area contributed by atoms with Crippen LogP contribution in [0.15, 0.2) is 79.5 Å². The van der Waals surface area contributed by atoms with Crippen molar-refractivity contribution < 1.29 is 4.39 Å². The van der Waals surface area contributed by atoms with Gasteiger partial charge in [-0.1, -0.05) is 38.6 Å². The van der Waals surface area contributed by atoms with Gasteiger partial charge in [-0.2, -0.15) is 5.10 Å². The summed E-state index contributed by atoms with van der Waals surface area (Å²) in [4.78, 5) is 21.6. The van der Waals surface area contributed by atoms with Crippen LogP contribution in [-0.4, -0.2) is 35.1 Å². The van der Waals surface area contributed by atoms with Crippen LogP contribution in [0.2, 0.25) is 0 Å². The number of imidazole rings is 1. The van der Waals surface area contributed by atoms with Gasteiger partial charge in [-0.15, -0.1) is 0 Å². The van der Waals surface area contributed by atoms with Crippen LogP contribution in [0, 0.1) is 11.7 Å². The molecular weight excluding hydrogens is 467 g/mol. The zero-order chi connectivity index (χ0) is 25.5. The van der Waals surface area contributed by atoms with Crippen LogP contribution < -0.4 is 5.32 Å². The molecule has 6 rings (SSSR count). The fraction of sp³-hybridized carbons (Fsp3) is 0.107. The molecule has 0 aliphatic carbocycles. The van der Waals surface area contributed by atoms with Crippen LogP contribution in [-0.2, 0) is 0 Å². The second kappa shape index (κ2) is 8.94. The molecule has 37 heavy (non-hydrogen) atoms.